The molecule has 0 aliphatic carbocycles. The monoisotopic (exact) mass is 159 g/mol. The second kappa shape index (κ2) is 3.88. The van der Waals surface area contributed by atoms with E-state index in [2.05, 4.69) is 13.2 Å². The summed E-state index contributed by atoms with van der Waals surface area (Å²) in [4.78, 5) is 0. The summed E-state index contributed by atoms with van der Waals surface area (Å²) in [6.07, 6.45) is 3.45. The van der Waals surface area contributed by atoms with Gasteiger partial charge in [-0.05, 0) is 16.7 Å². The largest absolute Gasteiger partial charge is 0.385 e. The molecular weight excluding hydrogens is 148 g/mol. The lowest BCUT2D eigenvalue weighted by Crippen LogP contribution is -1.88. The molecule has 1 N–H and O–H groups in total. The second-order valence-electron chi connectivity index (χ2n) is 2.39. The van der Waals surface area contributed by atoms with Gasteiger partial charge in [0.2, 0.25) is 0 Å². The van der Waals surface area contributed by atoms with Crippen LogP contribution < -0.4 is 0 Å². The van der Waals surface area contributed by atoms with Crippen molar-refractivity contribution in [1.82, 2.24) is 0 Å². The van der Waals surface area contributed by atoms with Gasteiger partial charge in [0.05, 0.1) is 0 Å². The molecule has 0 heterocycles. The first-order valence-electron chi connectivity index (χ1n) is 3.68. The molecule has 0 aliphatic rings. The Kier molecular flexibility index (Phi) is 2.83. The van der Waals surface area contributed by atoms with E-state index in [-0.39, 0.29) is 0 Å². The van der Waals surface area contributed by atoms with E-state index in [0.717, 1.165) is 23.3 Å². The summed E-state index contributed by atoms with van der Waals surface area (Å²) >= 11 is 0. The quantitative estimate of drug-likeness (QED) is 0.719. The summed E-state index contributed by atoms with van der Waals surface area (Å²) in [6.45, 7) is 8.41. The third-order valence-corrected chi connectivity index (χ3v) is 1.74. The molecule has 0 fully saturated rings. The van der Waals surface area contributed by atoms with Gasteiger partial charge >= 0.3 is 0 Å². The molecule has 1 radical (unpaired) electrons. The molecule has 1 rings (SSSR count). The van der Waals surface area contributed by atoms with Crippen molar-refractivity contribution in [3.63, 3.8) is 0 Å². The zero-order valence-corrected chi connectivity index (χ0v) is 6.83. The summed E-state index contributed by atoms with van der Waals surface area (Å²) in [5, 5.41) is 8.86. The van der Waals surface area contributed by atoms with E-state index >= 15 is 0 Å². The zero-order valence-electron chi connectivity index (χ0n) is 6.83. The van der Waals surface area contributed by atoms with Gasteiger partial charge in [-0.25, -0.2) is 0 Å². The fourth-order valence-electron chi connectivity index (χ4n) is 1.13. The van der Waals surface area contributed by atoms with Crippen molar-refractivity contribution in [2.45, 2.75) is 0 Å². The Morgan fingerprint density at radius 3 is 2.25 bits per heavy atom. The van der Waals surface area contributed by atoms with Crippen molar-refractivity contribution in [1.29, 1.82) is 0 Å². The first-order chi connectivity index (χ1) is 5.83. The van der Waals surface area contributed by atoms with E-state index in [9.17, 15) is 0 Å². The number of benzene rings is 1. The van der Waals surface area contributed by atoms with E-state index < -0.39 is 0 Å². The smallest absolute Gasteiger partial charge is 0.110 e. The van der Waals surface area contributed by atoms with Crippen molar-refractivity contribution in [2.24, 2.45) is 0 Å². The van der Waals surface area contributed by atoms with Crippen LogP contribution in [0.3, 0.4) is 0 Å². The standard InChI is InChI=1S/C11H11O/c1-3-9-6-5-7-10(8-12)11(9)4-2/h3-8,12H,1-2H2. The van der Waals surface area contributed by atoms with E-state index in [1.54, 1.807) is 12.2 Å². The fourth-order valence-corrected chi connectivity index (χ4v) is 1.13. The van der Waals surface area contributed by atoms with Crippen LogP contribution in [0.2, 0.25) is 0 Å². The van der Waals surface area contributed by atoms with Crippen LogP contribution in [0.25, 0.3) is 12.2 Å². The molecule has 0 atom stereocenters. The number of hydrogen-bond acceptors (Lipinski definition) is 1. The van der Waals surface area contributed by atoms with Crippen LogP contribution in [-0.4, -0.2) is 5.11 Å². The third-order valence-electron chi connectivity index (χ3n) is 1.74. The third kappa shape index (κ3) is 1.46. The number of rotatable bonds is 3. The van der Waals surface area contributed by atoms with Gasteiger partial charge in [0.15, 0.2) is 0 Å². The molecule has 0 spiro atoms. The Bertz CT molecular complexity index is 300. The lowest BCUT2D eigenvalue weighted by molar-refractivity contribution is 0.414. The van der Waals surface area contributed by atoms with Crippen LogP contribution in [-0.2, 0) is 0 Å². The van der Waals surface area contributed by atoms with E-state index in [1.807, 2.05) is 18.2 Å². The first kappa shape index (κ1) is 8.75. The summed E-state index contributed by atoms with van der Waals surface area (Å²) in [7, 11) is 0. The van der Waals surface area contributed by atoms with Crippen LogP contribution in [0.5, 0.6) is 0 Å². The average molecular weight is 159 g/mol. The van der Waals surface area contributed by atoms with Crippen LogP contribution in [0.1, 0.15) is 16.7 Å². The Balaban J connectivity index is 3.31. The Morgan fingerprint density at radius 2 is 1.75 bits per heavy atom. The number of aliphatic hydroxyl groups excluding tert-OH is 1. The second-order valence-corrected chi connectivity index (χ2v) is 2.39. The van der Waals surface area contributed by atoms with E-state index in [1.165, 1.54) is 0 Å². The first-order valence-corrected chi connectivity index (χ1v) is 3.68. The van der Waals surface area contributed by atoms with Gasteiger partial charge in [-0.2, -0.15) is 0 Å². The molecule has 1 heteroatoms. The van der Waals surface area contributed by atoms with Gasteiger partial charge in [0.1, 0.15) is 6.61 Å². The number of aliphatic hydroxyl groups is 1. The van der Waals surface area contributed by atoms with Crippen LogP contribution >= 0.6 is 0 Å². The van der Waals surface area contributed by atoms with Crippen molar-refractivity contribution in [2.75, 3.05) is 0 Å². The SMILES string of the molecule is C=Cc1cccc([CH]O)c1C=C. The van der Waals surface area contributed by atoms with Crippen molar-refractivity contribution in [3.05, 3.63) is 54.7 Å². The Labute approximate surface area is 72.7 Å². The van der Waals surface area contributed by atoms with Gasteiger partial charge < -0.3 is 5.11 Å². The molecule has 61 valence electrons. The fraction of sp³-hybridized carbons (Fsp3) is 0. The zero-order chi connectivity index (χ0) is 8.97. The topological polar surface area (TPSA) is 20.2 Å². The van der Waals surface area contributed by atoms with Crippen LogP contribution in [0.4, 0.5) is 0 Å². The maximum atomic E-state index is 8.86. The maximum Gasteiger partial charge on any atom is 0.110 e. The lowest BCUT2D eigenvalue weighted by Gasteiger charge is -2.05. The average Bonchev–Trinajstić information content (AvgIpc) is 2.16. The van der Waals surface area contributed by atoms with E-state index in [0.29, 0.717) is 0 Å². The molecule has 1 aromatic rings. The lowest BCUT2D eigenvalue weighted by atomic mass is 10.0. The molecule has 1 aromatic carbocycles. The van der Waals surface area contributed by atoms with Gasteiger partial charge in [-0.15, -0.1) is 0 Å². The van der Waals surface area contributed by atoms with Gasteiger partial charge in [0, 0.05) is 0 Å². The van der Waals surface area contributed by atoms with Crippen molar-refractivity contribution < 1.29 is 5.11 Å². The highest BCUT2D eigenvalue weighted by Crippen LogP contribution is 2.17. The van der Waals surface area contributed by atoms with Crippen molar-refractivity contribution in [3.8, 4) is 0 Å². The molecule has 0 aliphatic heterocycles. The molecule has 0 amide bonds. The predicted octanol–water partition coefficient (Wildman–Crippen LogP) is 2.85. The summed E-state index contributed by atoms with van der Waals surface area (Å²) in [6, 6.07) is 5.62. The van der Waals surface area contributed by atoms with Gasteiger partial charge in [-0.3, -0.25) is 0 Å². The summed E-state index contributed by atoms with van der Waals surface area (Å²) in [5.74, 6) is 0. The minimum atomic E-state index is 0.766. The van der Waals surface area contributed by atoms with Crippen LogP contribution in [0.15, 0.2) is 31.4 Å². The summed E-state index contributed by atoms with van der Waals surface area (Å²) < 4.78 is 0. The predicted molar refractivity (Wildman–Crippen MR) is 52.0 cm³/mol. The van der Waals surface area contributed by atoms with Crippen LogP contribution in [0, 0.1) is 6.61 Å². The molecule has 0 saturated carbocycles. The Hall–Kier alpha value is -1.34. The normalized spacial score (nSPS) is 9.42. The van der Waals surface area contributed by atoms with Gasteiger partial charge in [0.25, 0.3) is 0 Å². The van der Waals surface area contributed by atoms with Crippen molar-refractivity contribution >= 4 is 12.2 Å². The molecular formula is C11H11O. The summed E-state index contributed by atoms with van der Waals surface area (Å²) in [5.41, 5.74) is 2.66. The molecule has 12 heavy (non-hydrogen) atoms. The minimum absolute atomic E-state index is 0.766. The maximum absolute atomic E-state index is 8.86. The Morgan fingerprint density at radius 1 is 1.08 bits per heavy atom. The molecule has 0 saturated heterocycles. The van der Waals surface area contributed by atoms with Gasteiger partial charge in [-0.1, -0.05) is 43.5 Å². The highest BCUT2D eigenvalue weighted by atomic mass is 16.3. The highest BCUT2D eigenvalue weighted by Gasteiger charge is 2.00. The highest BCUT2D eigenvalue weighted by molar-refractivity contribution is 5.67. The van der Waals surface area contributed by atoms with E-state index in [4.69, 9.17) is 5.11 Å². The molecule has 0 bridgehead atoms. The number of hydrogen-bond donors (Lipinski definition) is 1. The minimum Gasteiger partial charge on any atom is -0.385 e. The molecule has 1 nitrogen and oxygen atoms in total. The molecule has 0 aromatic heterocycles. The molecule has 0 unspecified atom stereocenters.